The van der Waals surface area contributed by atoms with Gasteiger partial charge in [0.05, 0.1) is 0 Å². The highest BCUT2D eigenvalue weighted by Gasteiger charge is 2.19. The number of esters is 3. The number of carbonyl (C=O) groups is 3. The standard InChI is InChI=1S/C59H106O6/c1-4-7-10-13-16-19-22-24-26-28-30-32-33-35-37-40-43-46-49-52-58(61)64-55-56(54-63-57(60)51-48-45-42-39-21-18-15-12-9-6-3)65-59(62)53-50-47-44-41-38-36-34-31-29-27-25-23-20-17-14-11-8-5-2/h7,10,15-16,18-19,24,26,56H,4-6,8-9,11-14,17,20-23,25,27-55H2,1-3H3/b10-7-,18-15-,19-16-,26-24-. The number of carbonyl (C=O) groups excluding carboxylic acids is 3. The Morgan fingerprint density at radius 1 is 0.323 bits per heavy atom. The number of unbranched alkanes of at least 4 members (excludes halogenated alkanes) is 32. The number of allylic oxidation sites excluding steroid dienone is 8. The minimum atomic E-state index is -0.776. The summed E-state index contributed by atoms with van der Waals surface area (Å²) in [6.07, 6.45) is 65.3. The fourth-order valence-electron chi connectivity index (χ4n) is 8.09. The van der Waals surface area contributed by atoms with Gasteiger partial charge in [-0.15, -0.1) is 0 Å². The van der Waals surface area contributed by atoms with Crippen molar-refractivity contribution in [1.29, 1.82) is 0 Å². The van der Waals surface area contributed by atoms with Gasteiger partial charge in [-0.3, -0.25) is 14.4 Å². The number of ether oxygens (including phenoxy) is 3. The van der Waals surface area contributed by atoms with Crippen molar-refractivity contribution in [3.8, 4) is 0 Å². The molecule has 0 aromatic heterocycles. The Kier molecular flexibility index (Phi) is 51.8. The Morgan fingerprint density at radius 3 is 1.00 bits per heavy atom. The Balaban J connectivity index is 4.29. The third kappa shape index (κ3) is 52.2. The lowest BCUT2D eigenvalue weighted by molar-refractivity contribution is -0.167. The smallest absolute Gasteiger partial charge is 0.306 e. The van der Waals surface area contributed by atoms with Gasteiger partial charge in [0.25, 0.3) is 0 Å². The molecule has 6 nitrogen and oxygen atoms in total. The predicted octanol–water partition coefficient (Wildman–Crippen LogP) is 18.7. The molecule has 0 spiro atoms. The number of rotatable bonds is 51. The third-order valence-corrected chi connectivity index (χ3v) is 12.3. The molecule has 0 heterocycles. The van der Waals surface area contributed by atoms with E-state index in [-0.39, 0.29) is 31.1 Å². The quantitative estimate of drug-likeness (QED) is 0.0262. The minimum Gasteiger partial charge on any atom is -0.462 e. The van der Waals surface area contributed by atoms with Crippen molar-refractivity contribution in [2.45, 2.75) is 297 Å². The fourth-order valence-corrected chi connectivity index (χ4v) is 8.09. The largest absolute Gasteiger partial charge is 0.462 e. The van der Waals surface area contributed by atoms with E-state index in [1.807, 2.05) is 0 Å². The molecule has 0 aliphatic heterocycles. The van der Waals surface area contributed by atoms with E-state index in [9.17, 15) is 14.4 Å². The van der Waals surface area contributed by atoms with Crippen LogP contribution in [0.25, 0.3) is 0 Å². The van der Waals surface area contributed by atoms with Gasteiger partial charge in [0.1, 0.15) is 13.2 Å². The summed E-state index contributed by atoms with van der Waals surface area (Å²) in [5.41, 5.74) is 0. The second-order valence-corrected chi connectivity index (χ2v) is 18.8. The maximum absolute atomic E-state index is 12.8. The third-order valence-electron chi connectivity index (χ3n) is 12.3. The summed E-state index contributed by atoms with van der Waals surface area (Å²) >= 11 is 0. The molecule has 0 rings (SSSR count). The van der Waals surface area contributed by atoms with E-state index >= 15 is 0 Å². The van der Waals surface area contributed by atoms with Crippen LogP contribution in [-0.2, 0) is 28.6 Å². The molecule has 0 aliphatic rings. The van der Waals surface area contributed by atoms with Crippen molar-refractivity contribution < 1.29 is 28.6 Å². The first-order chi connectivity index (χ1) is 32.0. The van der Waals surface area contributed by atoms with Gasteiger partial charge in [-0.2, -0.15) is 0 Å². The van der Waals surface area contributed by atoms with Crippen LogP contribution >= 0.6 is 0 Å². The van der Waals surface area contributed by atoms with Crippen LogP contribution in [0.5, 0.6) is 0 Å². The molecule has 6 heteroatoms. The van der Waals surface area contributed by atoms with Gasteiger partial charge in [0, 0.05) is 19.3 Å². The van der Waals surface area contributed by atoms with Crippen LogP contribution in [0.15, 0.2) is 48.6 Å². The SMILES string of the molecule is CC/C=C\C/C=C\C/C=C\CCCCCCCCCCCC(=O)OCC(COC(=O)CCCCCC/C=C\CCCC)OC(=O)CCCCCCCCCCCCCCCCCCCC. The maximum Gasteiger partial charge on any atom is 0.306 e. The fraction of sp³-hybridized carbons (Fsp3) is 0.814. The van der Waals surface area contributed by atoms with Crippen molar-refractivity contribution in [1.82, 2.24) is 0 Å². The average Bonchev–Trinajstić information content (AvgIpc) is 3.30. The van der Waals surface area contributed by atoms with Gasteiger partial charge in [-0.25, -0.2) is 0 Å². The lowest BCUT2D eigenvalue weighted by atomic mass is 10.0. The topological polar surface area (TPSA) is 78.9 Å². The number of hydrogen-bond donors (Lipinski definition) is 0. The zero-order chi connectivity index (χ0) is 47.2. The van der Waals surface area contributed by atoms with E-state index < -0.39 is 6.10 Å². The first-order valence-corrected chi connectivity index (χ1v) is 28.1. The lowest BCUT2D eigenvalue weighted by Gasteiger charge is -2.18. The van der Waals surface area contributed by atoms with Gasteiger partial charge < -0.3 is 14.2 Å². The number of hydrogen-bond acceptors (Lipinski definition) is 6. The molecule has 0 fully saturated rings. The molecule has 0 aromatic carbocycles. The second-order valence-electron chi connectivity index (χ2n) is 18.8. The Hall–Kier alpha value is -2.63. The summed E-state index contributed by atoms with van der Waals surface area (Å²) in [5, 5.41) is 0. The molecular weight excluding hydrogens is 805 g/mol. The van der Waals surface area contributed by atoms with Crippen molar-refractivity contribution >= 4 is 17.9 Å². The van der Waals surface area contributed by atoms with E-state index in [4.69, 9.17) is 14.2 Å². The molecule has 0 saturated heterocycles. The zero-order valence-electron chi connectivity index (χ0n) is 43.3. The highest BCUT2D eigenvalue weighted by atomic mass is 16.6. The molecule has 0 N–H and O–H groups in total. The summed E-state index contributed by atoms with van der Waals surface area (Å²) in [6.45, 7) is 6.50. The second kappa shape index (κ2) is 54.0. The molecule has 1 atom stereocenters. The van der Waals surface area contributed by atoms with E-state index in [2.05, 4.69) is 69.4 Å². The van der Waals surface area contributed by atoms with Gasteiger partial charge >= 0.3 is 17.9 Å². The summed E-state index contributed by atoms with van der Waals surface area (Å²) in [6, 6.07) is 0. The molecule has 0 bridgehead atoms. The lowest BCUT2D eigenvalue weighted by Crippen LogP contribution is -2.30. The monoisotopic (exact) mass is 911 g/mol. The summed E-state index contributed by atoms with van der Waals surface area (Å²) in [5.74, 6) is -0.883. The first-order valence-electron chi connectivity index (χ1n) is 28.1. The van der Waals surface area contributed by atoms with Gasteiger partial charge in [0.2, 0.25) is 0 Å². The van der Waals surface area contributed by atoms with Gasteiger partial charge in [-0.1, -0.05) is 249 Å². The molecule has 0 saturated carbocycles. The normalized spacial score (nSPS) is 12.4. The van der Waals surface area contributed by atoms with Crippen LogP contribution in [0.4, 0.5) is 0 Å². The average molecular weight is 911 g/mol. The Morgan fingerprint density at radius 2 is 0.615 bits per heavy atom. The molecule has 65 heavy (non-hydrogen) atoms. The molecule has 0 radical (unpaired) electrons. The Labute approximate surface area is 403 Å². The van der Waals surface area contributed by atoms with Crippen LogP contribution in [0.1, 0.15) is 290 Å². The van der Waals surface area contributed by atoms with Gasteiger partial charge in [-0.05, 0) is 70.6 Å². The van der Waals surface area contributed by atoms with Crippen LogP contribution in [0.2, 0.25) is 0 Å². The van der Waals surface area contributed by atoms with Crippen LogP contribution in [-0.4, -0.2) is 37.2 Å². The maximum atomic E-state index is 12.8. The van der Waals surface area contributed by atoms with Crippen molar-refractivity contribution in [2.24, 2.45) is 0 Å². The zero-order valence-corrected chi connectivity index (χ0v) is 43.3. The highest BCUT2D eigenvalue weighted by Crippen LogP contribution is 2.16. The summed E-state index contributed by atoms with van der Waals surface area (Å²) in [7, 11) is 0. The van der Waals surface area contributed by atoms with Crippen LogP contribution < -0.4 is 0 Å². The van der Waals surface area contributed by atoms with Crippen molar-refractivity contribution in [2.75, 3.05) is 13.2 Å². The van der Waals surface area contributed by atoms with Crippen molar-refractivity contribution in [3.05, 3.63) is 48.6 Å². The van der Waals surface area contributed by atoms with E-state index in [0.29, 0.717) is 19.3 Å². The van der Waals surface area contributed by atoms with E-state index in [0.717, 1.165) is 96.3 Å². The predicted molar refractivity (Wildman–Crippen MR) is 279 cm³/mol. The molecule has 0 aliphatic carbocycles. The molecular formula is C59H106O6. The van der Waals surface area contributed by atoms with Crippen LogP contribution in [0, 0.1) is 0 Å². The van der Waals surface area contributed by atoms with Crippen LogP contribution in [0.3, 0.4) is 0 Å². The Bertz CT molecular complexity index is 1140. The molecule has 0 amide bonds. The van der Waals surface area contributed by atoms with Crippen molar-refractivity contribution in [3.63, 3.8) is 0 Å². The molecule has 378 valence electrons. The van der Waals surface area contributed by atoms with E-state index in [1.54, 1.807) is 0 Å². The van der Waals surface area contributed by atoms with E-state index in [1.165, 1.54) is 154 Å². The van der Waals surface area contributed by atoms with Gasteiger partial charge in [0.15, 0.2) is 6.10 Å². The highest BCUT2D eigenvalue weighted by molar-refractivity contribution is 5.71. The summed E-state index contributed by atoms with van der Waals surface area (Å²) < 4.78 is 16.8. The first kappa shape index (κ1) is 62.4. The summed E-state index contributed by atoms with van der Waals surface area (Å²) in [4.78, 5) is 38.0. The molecule has 0 aromatic rings. The molecule has 1 unspecified atom stereocenters. The minimum absolute atomic E-state index is 0.0769.